The second-order valence-electron chi connectivity index (χ2n) is 10.8. The lowest BCUT2D eigenvalue weighted by Crippen LogP contribution is -2.71. The predicted octanol–water partition coefficient (Wildman–Crippen LogP) is 2.66. The van der Waals surface area contributed by atoms with Crippen LogP contribution in [0.5, 0.6) is 5.75 Å². The number of amides is 2. The van der Waals surface area contributed by atoms with Crippen molar-refractivity contribution < 1.29 is 47.2 Å². The topological polar surface area (TPSA) is 126 Å². The average Bonchev–Trinajstić information content (AvgIpc) is 2.81. The SMILES string of the molecule is O=C(CO[C@H]1C[C@@H](OC(F)(F)F)C1)NC12CCC(NC(=O)[C@@H]3C[C@H](O)c4cc(Cl)ccc4O3)(CC1)C[C@@H]2O. The molecule has 2 bridgehead atoms. The number of carbonyl (C=O) groups excluding carboxylic acids is 2. The van der Waals surface area contributed by atoms with Gasteiger partial charge in [0.1, 0.15) is 12.4 Å². The van der Waals surface area contributed by atoms with Crippen molar-refractivity contribution in [2.45, 2.75) is 99.3 Å². The number of halogens is 4. The number of carbonyl (C=O) groups is 2. The minimum Gasteiger partial charge on any atom is -0.480 e. The molecule has 1 aromatic carbocycles. The smallest absolute Gasteiger partial charge is 0.480 e. The number of aliphatic hydroxyl groups is 2. The van der Waals surface area contributed by atoms with Gasteiger partial charge in [-0.05, 0) is 50.3 Å². The summed E-state index contributed by atoms with van der Waals surface area (Å²) in [6.07, 6.45) is -6.51. The third-order valence-electron chi connectivity index (χ3n) is 8.23. The molecule has 38 heavy (non-hydrogen) atoms. The van der Waals surface area contributed by atoms with Crippen molar-refractivity contribution in [3.8, 4) is 5.75 Å². The standard InChI is InChI=1S/C25H30ClF3N2O7/c26-13-1-2-18-16(7-13)17(32)10-19(37-18)22(35)31-23-3-5-24(6-4-23,20(33)11-23)30-21(34)12-36-14-8-15(9-14)38-25(27,28)29/h1-2,7,14-15,17,19-20,32-33H,3-6,8-12H2,(H,30,34)(H,31,35)/t14-,15+,17-,19-,20-,23?,24?/m0/s1. The maximum absolute atomic E-state index is 13.1. The summed E-state index contributed by atoms with van der Waals surface area (Å²) in [5.41, 5.74) is -0.987. The Morgan fingerprint density at radius 3 is 2.45 bits per heavy atom. The van der Waals surface area contributed by atoms with Crippen molar-refractivity contribution in [3.05, 3.63) is 28.8 Å². The first-order chi connectivity index (χ1) is 17.9. The second-order valence-corrected chi connectivity index (χ2v) is 11.3. The first kappa shape index (κ1) is 27.4. The lowest BCUT2D eigenvalue weighted by molar-refractivity contribution is -0.357. The van der Waals surface area contributed by atoms with Gasteiger partial charge in [0.15, 0.2) is 6.10 Å². The van der Waals surface area contributed by atoms with E-state index in [1.54, 1.807) is 18.2 Å². The molecular formula is C25H30ClF3N2O7. The number of hydrogen-bond acceptors (Lipinski definition) is 7. The van der Waals surface area contributed by atoms with E-state index < -0.39 is 53.9 Å². The summed E-state index contributed by atoms with van der Waals surface area (Å²) < 4.78 is 51.8. The lowest BCUT2D eigenvalue weighted by atomic mass is 9.59. The van der Waals surface area contributed by atoms with Crippen LogP contribution in [-0.4, -0.2) is 70.5 Å². The maximum atomic E-state index is 13.1. The molecule has 1 heterocycles. The molecule has 4 N–H and O–H groups in total. The summed E-state index contributed by atoms with van der Waals surface area (Å²) in [7, 11) is 0. The third-order valence-corrected chi connectivity index (χ3v) is 8.46. The first-order valence-corrected chi connectivity index (χ1v) is 13.0. The van der Waals surface area contributed by atoms with Crippen molar-refractivity contribution in [3.63, 3.8) is 0 Å². The Hall–Kier alpha value is -2.12. The molecule has 0 radical (unpaired) electrons. The van der Waals surface area contributed by atoms with Crippen molar-refractivity contribution in [1.82, 2.24) is 10.6 Å². The molecule has 0 saturated heterocycles. The van der Waals surface area contributed by atoms with E-state index in [9.17, 15) is 33.0 Å². The second kappa shape index (κ2) is 10.1. The number of nitrogens with one attached hydrogen (secondary N) is 2. The van der Waals surface area contributed by atoms with Crippen LogP contribution in [0, 0.1) is 0 Å². The normalized spacial score (nSPS) is 36.0. The Bertz CT molecular complexity index is 1070. The molecule has 0 aromatic heterocycles. The summed E-state index contributed by atoms with van der Waals surface area (Å²) >= 11 is 5.99. The van der Waals surface area contributed by atoms with Crippen molar-refractivity contribution in [2.75, 3.05) is 6.61 Å². The molecule has 5 aliphatic rings. The fourth-order valence-electron chi connectivity index (χ4n) is 6.03. The van der Waals surface area contributed by atoms with Gasteiger partial charge in [0.25, 0.3) is 5.91 Å². The minimum absolute atomic E-state index is 0.0594. The zero-order valence-corrected chi connectivity index (χ0v) is 21.2. The van der Waals surface area contributed by atoms with Crippen LogP contribution in [0.2, 0.25) is 5.02 Å². The summed E-state index contributed by atoms with van der Waals surface area (Å²) in [5, 5.41) is 27.8. The number of hydrogen-bond donors (Lipinski definition) is 4. The molecule has 0 unspecified atom stereocenters. The highest BCUT2D eigenvalue weighted by Crippen LogP contribution is 2.47. The van der Waals surface area contributed by atoms with Gasteiger partial charge in [-0.2, -0.15) is 0 Å². The monoisotopic (exact) mass is 562 g/mol. The van der Waals surface area contributed by atoms with Gasteiger partial charge in [-0.3, -0.25) is 14.3 Å². The van der Waals surface area contributed by atoms with Crippen LogP contribution in [-0.2, 0) is 19.1 Å². The summed E-state index contributed by atoms with van der Waals surface area (Å²) in [6, 6.07) is 4.84. The van der Waals surface area contributed by atoms with Crippen LogP contribution in [0.4, 0.5) is 13.2 Å². The van der Waals surface area contributed by atoms with Crippen LogP contribution in [0.15, 0.2) is 18.2 Å². The van der Waals surface area contributed by atoms with E-state index in [2.05, 4.69) is 15.4 Å². The molecule has 4 aliphatic carbocycles. The van der Waals surface area contributed by atoms with Gasteiger partial charge in [-0.15, -0.1) is 13.2 Å². The van der Waals surface area contributed by atoms with E-state index in [-0.39, 0.29) is 38.2 Å². The van der Waals surface area contributed by atoms with Crippen molar-refractivity contribution in [1.29, 1.82) is 0 Å². The Morgan fingerprint density at radius 2 is 1.79 bits per heavy atom. The van der Waals surface area contributed by atoms with Crippen LogP contribution >= 0.6 is 11.6 Å². The molecule has 9 nitrogen and oxygen atoms in total. The first-order valence-electron chi connectivity index (χ1n) is 12.7. The van der Waals surface area contributed by atoms with E-state index >= 15 is 0 Å². The van der Waals surface area contributed by atoms with Gasteiger partial charge >= 0.3 is 6.36 Å². The molecule has 4 fully saturated rings. The predicted molar refractivity (Wildman–Crippen MR) is 126 cm³/mol. The minimum atomic E-state index is -4.69. The average molecular weight is 563 g/mol. The van der Waals surface area contributed by atoms with E-state index in [1.165, 1.54) is 0 Å². The molecule has 1 aliphatic heterocycles. The number of ether oxygens (including phenoxy) is 3. The quantitative estimate of drug-likeness (QED) is 0.402. The highest BCUT2D eigenvalue weighted by atomic mass is 35.5. The largest absolute Gasteiger partial charge is 0.522 e. The lowest BCUT2D eigenvalue weighted by Gasteiger charge is -2.56. The van der Waals surface area contributed by atoms with Gasteiger partial charge in [0.2, 0.25) is 5.91 Å². The van der Waals surface area contributed by atoms with Gasteiger partial charge in [-0.1, -0.05) is 11.6 Å². The Balaban J connectivity index is 1.10. The molecule has 6 rings (SSSR count). The number of benzene rings is 1. The van der Waals surface area contributed by atoms with E-state index in [0.717, 1.165) is 0 Å². The molecule has 3 atom stereocenters. The van der Waals surface area contributed by atoms with Crippen LogP contribution in [0.25, 0.3) is 0 Å². The molecular weight excluding hydrogens is 533 g/mol. The Morgan fingerprint density at radius 1 is 1.08 bits per heavy atom. The maximum Gasteiger partial charge on any atom is 0.522 e. The summed E-state index contributed by atoms with van der Waals surface area (Å²) in [5.74, 6) is -0.435. The molecule has 2 amide bonds. The number of alkyl halides is 3. The van der Waals surface area contributed by atoms with Gasteiger partial charge in [0.05, 0.1) is 30.0 Å². The number of aliphatic hydroxyl groups excluding tert-OH is 2. The van der Waals surface area contributed by atoms with E-state index in [1.807, 2.05) is 0 Å². The highest BCUT2D eigenvalue weighted by Gasteiger charge is 2.56. The molecule has 13 heteroatoms. The molecule has 1 aromatic rings. The third kappa shape index (κ3) is 5.74. The van der Waals surface area contributed by atoms with Gasteiger partial charge in [0, 0.05) is 35.4 Å². The highest BCUT2D eigenvalue weighted by molar-refractivity contribution is 6.30. The Labute approximate surface area is 221 Å². The zero-order chi connectivity index (χ0) is 27.3. The van der Waals surface area contributed by atoms with Crippen LogP contribution < -0.4 is 15.4 Å². The molecule has 0 spiro atoms. The Kier molecular flexibility index (Phi) is 7.31. The summed E-state index contributed by atoms with van der Waals surface area (Å²) in [6.45, 7) is -0.326. The zero-order valence-electron chi connectivity index (χ0n) is 20.4. The van der Waals surface area contributed by atoms with Gasteiger partial charge in [-0.25, -0.2) is 0 Å². The van der Waals surface area contributed by atoms with E-state index in [0.29, 0.717) is 42.0 Å². The number of rotatable bonds is 7. The van der Waals surface area contributed by atoms with Gasteiger partial charge < -0.3 is 30.3 Å². The van der Waals surface area contributed by atoms with Crippen molar-refractivity contribution >= 4 is 23.4 Å². The summed E-state index contributed by atoms with van der Waals surface area (Å²) in [4.78, 5) is 25.6. The fourth-order valence-corrected chi connectivity index (χ4v) is 6.21. The van der Waals surface area contributed by atoms with E-state index in [4.69, 9.17) is 21.1 Å². The molecule has 210 valence electrons. The van der Waals surface area contributed by atoms with Crippen LogP contribution in [0.1, 0.15) is 63.0 Å². The number of fused-ring (bicyclic) bond motifs is 4. The van der Waals surface area contributed by atoms with Crippen LogP contribution in [0.3, 0.4) is 0 Å². The fraction of sp³-hybridized carbons (Fsp3) is 0.680. The molecule has 4 saturated carbocycles. The van der Waals surface area contributed by atoms with Crippen molar-refractivity contribution in [2.24, 2.45) is 0 Å².